The lowest BCUT2D eigenvalue weighted by atomic mass is 10.0. The van der Waals surface area contributed by atoms with Crippen molar-refractivity contribution >= 4 is 35.0 Å². The summed E-state index contributed by atoms with van der Waals surface area (Å²) in [4.78, 5) is 28.5. The van der Waals surface area contributed by atoms with Crippen molar-refractivity contribution in [2.45, 2.75) is 32.9 Å². The second-order valence-corrected chi connectivity index (χ2v) is 9.56. The van der Waals surface area contributed by atoms with Crippen molar-refractivity contribution in [2.24, 2.45) is 5.92 Å². The summed E-state index contributed by atoms with van der Waals surface area (Å²) in [6.07, 6.45) is 0.371. The van der Waals surface area contributed by atoms with E-state index in [1.165, 1.54) is 0 Å². The SMILES string of the molecule is CC(C)CNC(=O)[C@@H](Cc1ccccc1)N(Cc1ccc(Cl)cc1)C(=O)COc1ccccc1Cl. The predicted molar refractivity (Wildman–Crippen MR) is 141 cm³/mol. The summed E-state index contributed by atoms with van der Waals surface area (Å²) in [5.74, 6) is 0.168. The highest BCUT2D eigenvalue weighted by molar-refractivity contribution is 6.32. The van der Waals surface area contributed by atoms with Gasteiger partial charge in [0, 0.05) is 24.5 Å². The zero-order chi connectivity index (χ0) is 25.2. The maximum absolute atomic E-state index is 13.5. The quantitative estimate of drug-likeness (QED) is 0.354. The van der Waals surface area contributed by atoms with Gasteiger partial charge >= 0.3 is 0 Å². The number of para-hydroxylation sites is 1. The number of carbonyl (C=O) groups is 2. The number of rotatable bonds is 11. The number of halogens is 2. The third-order valence-electron chi connectivity index (χ3n) is 5.41. The Morgan fingerprint density at radius 1 is 0.886 bits per heavy atom. The second-order valence-electron chi connectivity index (χ2n) is 8.71. The number of amides is 2. The molecule has 1 N–H and O–H groups in total. The van der Waals surface area contributed by atoms with Crippen LogP contribution in [0.3, 0.4) is 0 Å². The average Bonchev–Trinajstić information content (AvgIpc) is 2.85. The molecule has 0 aliphatic heterocycles. The van der Waals surface area contributed by atoms with E-state index in [-0.39, 0.29) is 30.9 Å². The second kappa shape index (κ2) is 13.2. The summed E-state index contributed by atoms with van der Waals surface area (Å²) in [5, 5.41) is 4.02. The Hall–Kier alpha value is -3.02. The molecule has 0 unspecified atom stereocenters. The standard InChI is InChI=1S/C28H30Cl2N2O3/c1-20(2)17-31-28(34)25(16-21-8-4-3-5-9-21)32(18-22-12-14-23(29)15-13-22)27(33)19-35-26-11-7-6-10-24(26)30/h3-15,20,25H,16-19H2,1-2H3,(H,31,34)/t25-/m1/s1. The van der Waals surface area contributed by atoms with Crippen LogP contribution in [0.2, 0.25) is 10.0 Å². The van der Waals surface area contributed by atoms with E-state index in [9.17, 15) is 9.59 Å². The van der Waals surface area contributed by atoms with Gasteiger partial charge in [0.05, 0.1) is 5.02 Å². The minimum atomic E-state index is -0.728. The van der Waals surface area contributed by atoms with Gasteiger partial charge in [-0.25, -0.2) is 0 Å². The molecule has 35 heavy (non-hydrogen) atoms. The zero-order valence-electron chi connectivity index (χ0n) is 19.9. The number of carbonyl (C=O) groups excluding carboxylic acids is 2. The molecule has 0 aliphatic rings. The molecule has 7 heteroatoms. The van der Waals surface area contributed by atoms with Gasteiger partial charge in [0.2, 0.25) is 5.91 Å². The summed E-state index contributed by atoms with van der Waals surface area (Å²) < 4.78 is 5.74. The van der Waals surface area contributed by atoms with Crippen LogP contribution in [-0.4, -0.2) is 35.9 Å². The molecule has 0 aliphatic carbocycles. The Balaban J connectivity index is 1.90. The molecule has 0 saturated heterocycles. The van der Waals surface area contributed by atoms with Crippen LogP contribution in [0.15, 0.2) is 78.9 Å². The third-order valence-corrected chi connectivity index (χ3v) is 5.97. The Bertz CT molecular complexity index is 1100. The number of hydrogen-bond donors (Lipinski definition) is 1. The summed E-state index contributed by atoms with van der Waals surface area (Å²) in [6, 6.07) is 23.2. The van der Waals surface area contributed by atoms with Gasteiger partial charge in [0.25, 0.3) is 5.91 Å². The average molecular weight is 513 g/mol. The van der Waals surface area contributed by atoms with Crippen molar-refractivity contribution in [3.8, 4) is 5.75 Å². The van der Waals surface area contributed by atoms with Gasteiger partial charge in [-0.1, -0.05) is 91.6 Å². The molecule has 184 valence electrons. The first kappa shape index (κ1) is 26.6. The number of nitrogens with one attached hydrogen (secondary N) is 1. The lowest BCUT2D eigenvalue weighted by Gasteiger charge is -2.31. The number of nitrogens with zero attached hydrogens (tertiary/aromatic N) is 1. The van der Waals surface area contributed by atoms with Gasteiger partial charge in [-0.05, 0) is 41.3 Å². The summed E-state index contributed by atoms with van der Waals surface area (Å²) >= 11 is 12.3. The van der Waals surface area contributed by atoms with E-state index in [4.69, 9.17) is 27.9 Å². The van der Waals surface area contributed by atoms with Crippen LogP contribution in [0.5, 0.6) is 5.75 Å². The molecule has 0 fully saturated rings. The molecular formula is C28H30Cl2N2O3. The van der Waals surface area contributed by atoms with Crippen LogP contribution in [0.25, 0.3) is 0 Å². The van der Waals surface area contributed by atoms with E-state index in [1.807, 2.05) is 56.3 Å². The number of hydrogen-bond acceptors (Lipinski definition) is 3. The first-order valence-corrected chi connectivity index (χ1v) is 12.3. The topological polar surface area (TPSA) is 58.6 Å². The van der Waals surface area contributed by atoms with E-state index >= 15 is 0 Å². The highest BCUT2D eigenvalue weighted by Gasteiger charge is 2.30. The van der Waals surface area contributed by atoms with E-state index in [0.717, 1.165) is 11.1 Å². The molecule has 0 spiro atoms. The molecule has 1 atom stereocenters. The van der Waals surface area contributed by atoms with Gasteiger partial charge in [0.1, 0.15) is 11.8 Å². The predicted octanol–water partition coefficient (Wildman–Crippen LogP) is 5.78. The van der Waals surface area contributed by atoms with Crippen LogP contribution in [0.4, 0.5) is 0 Å². The molecule has 5 nitrogen and oxygen atoms in total. The monoisotopic (exact) mass is 512 g/mol. The first-order valence-electron chi connectivity index (χ1n) is 11.6. The fraction of sp³-hybridized carbons (Fsp3) is 0.286. The maximum Gasteiger partial charge on any atom is 0.261 e. The Morgan fingerprint density at radius 2 is 1.54 bits per heavy atom. The Labute approximate surface area is 217 Å². The van der Waals surface area contributed by atoms with E-state index in [1.54, 1.807) is 41.3 Å². The number of ether oxygens (including phenoxy) is 1. The van der Waals surface area contributed by atoms with Gasteiger partial charge in [0.15, 0.2) is 6.61 Å². The van der Waals surface area contributed by atoms with Crippen LogP contribution < -0.4 is 10.1 Å². The van der Waals surface area contributed by atoms with Crippen LogP contribution in [-0.2, 0) is 22.6 Å². The lowest BCUT2D eigenvalue weighted by Crippen LogP contribution is -2.52. The maximum atomic E-state index is 13.5. The molecule has 3 aromatic carbocycles. The molecule has 0 bridgehead atoms. The van der Waals surface area contributed by atoms with Crippen molar-refractivity contribution in [1.82, 2.24) is 10.2 Å². The van der Waals surface area contributed by atoms with Gasteiger partial charge in [-0.2, -0.15) is 0 Å². The largest absolute Gasteiger partial charge is 0.482 e. The van der Waals surface area contributed by atoms with Crippen molar-refractivity contribution < 1.29 is 14.3 Å². The van der Waals surface area contributed by atoms with E-state index < -0.39 is 6.04 Å². The summed E-state index contributed by atoms with van der Waals surface area (Å²) in [6.45, 7) is 4.55. The zero-order valence-corrected chi connectivity index (χ0v) is 21.4. The van der Waals surface area contributed by atoms with Crippen molar-refractivity contribution in [1.29, 1.82) is 0 Å². The molecule has 0 heterocycles. The third kappa shape index (κ3) is 8.30. The Morgan fingerprint density at radius 3 is 2.20 bits per heavy atom. The number of benzene rings is 3. The lowest BCUT2D eigenvalue weighted by molar-refractivity contribution is -0.142. The molecule has 0 saturated carbocycles. The van der Waals surface area contributed by atoms with Gasteiger partial charge in [-0.3, -0.25) is 9.59 Å². The minimum Gasteiger partial charge on any atom is -0.482 e. The fourth-order valence-electron chi connectivity index (χ4n) is 3.55. The summed E-state index contributed by atoms with van der Waals surface area (Å²) in [5.41, 5.74) is 1.81. The van der Waals surface area contributed by atoms with Gasteiger partial charge < -0.3 is 15.0 Å². The normalized spacial score (nSPS) is 11.7. The summed E-state index contributed by atoms with van der Waals surface area (Å²) in [7, 11) is 0. The van der Waals surface area contributed by atoms with Crippen LogP contribution in [0.1, 0.15) is 25.0 Å². The van der Waals surface area contributed by atoms with Crippen LogP contribution in [0, 0.1) is 5.92 Å². The first-order chi connectivity index (χ1) is 16.8. The molecule has 2 amide bonds. The van der Waals surface area contributed by atoms with Crippen molar-refractivity contribution in [2.75, 3.05) is 13.2 Å². The van der Waals surface area contributed by atoms with Gasteiger partial charge in [-0.15, -0.1) is 0 Å². The molecular weight excluding hydrogens is 483 g/mol. The van der Waals surface area contributed by atoms with Crippen molar-refractivity contribution in [3.63, 3.8) is 0 Å². The Kier molecular flexibility index (Phi) is 10.0. The molecule has 3 rings (SSSR count). The molecule has 0 aromatic heterocycles. The minimum absolute atomic E-state index is 0.206. The fourth-order valence-corrected chi connectivity index (χ4v) is 3.86. The molecule has 3 aromatic rings. The van der Waals surface area contributed by atoms with Crippen LogP contribution >= 0.6 is 23.2 Å². The highest BCUT2D eigenvalue weighted by atomic mass is 35.5. The van der Waals surface area contributed by atoms with Crippen molar-refractivity contribution in [3.05, 3.63) is 100 Å². The smallest absolute Gasteiger partial charge is 0.261 e. The van der Waals surface area contributed by atoms with E-state index in [0.29, 0.717) is 28.8 Å². The highest BCUT2D eigenvalue weighted by Crippen LogP contribution is 2.23. The molecule has 0 radical (unpaired) electrons. The van der Waals surface area contributed by atoms with E-state index in [2.05, 4.69) is 5.32 Å².